The molecule has 0 saturated carbocycles. The number of allylic oxidation sites excluding steroid dienone is 7. The summed E-state index contributed by atoms with van der Waals surface area (Å²) in [6.07, 6.45) is 43.5. The van der Waals surface area contributed by atoms with Crippen LogP contribution in [0.5, 0.6) is 0 Å². The van der Waals surface area contributed by atoms with Gasteiger partial charge in [-0.05, 0) is 57.8 Å². The van der Waals surface area contributed by atoms with Crippen LogP contribution in [-0.4, -0.2) is 87.5 Å². The summed E-state index contributed by atoms with van der Waals surface area (Å²) in [5, 5.41) is 53.8. The van der Waals surface area contributed by atoms with Crippen molar-refractivity contribution in [1.82, 2.24) is 5.32 Å². The van der Waals surface area contributed by atoms with Gasteiger partial charge in [0.15, 0.2) is 6.29 Å². The summed E-state index contributed by atoms with van der Waals surface area (Å²) < 4.78 is 11.1. The van der Waals surface area contributed by atoms with E-state index in [1.54, 1.807) is 6.08 Å². The number of aliphatic hydroxyl groups is 5. The second-order valence-electron chi connectivity index (χ2n) is 16.5. The summed E-state index contributed by atoms with van der Waals surface area (Å²) in [6, 6.07) is -0.802. The van der Waals surface area contributed by atoms with E-state index in [2.05, 4.69) is 55.6 Å². The van der Waals surface area contributed by atoms with Gasteiger partial charge < -0.3 is 40.3 Å². The topological polar surface area (TPSA) is 149 Å². The largest absolute Gasteiger partial charge is 0.394 e. The Kier molecular flexibility index (Phi) is 36.7. The molecule has 0 radical (unpaired) electrons. The smallest absolute Gasteiger partial charge is 0.220 e. The molecule has 58 heavy (non-hydrogen) atoms. The highest BCUT2D eigenvalue weighted by molar-refractivity contribution is 5.76. The van der Waals surface area contributed by atoms with Crippen LogP contribution in [0, 0.1) is 0 Å². The van der Waals surface area contributed by atoms with Crippen LogP contribution in [0.15, 0.2) is 48.6 Å². The van der Waals surface area contributed by atoms with E-state index in [-0.39, 0.29) is 12.5 Å². The maximum atomic E-state index is 12.9. The molecular formula is C49H89NO8. The number of ether oxygens (including phenoxy) is 2. The Bertz CT molecular complexity index is 1050. The molecule has 0 bridgehead atoms. The first-order chi connectivity index (χ1) is 28.3. The van der Waals surface area contributed by atoms with Crippen LogP contribution in [0.25, 0.3) is 0 Å². The van der Waals surface area contributed by atoms with Crippen LogP contribution in [0.4, 0.5) is 0 Å². The molecule has 0 aromatic heterocycles. The van der Waals surface area contributed by atoms with Crippen molar-refractivity contribution < 1.29 is 39.8 Å². The second kappa shape index (κ2) is 39.3. The van der Waals surface area contributed by atoms with Crippen molar-refractivity contribution in [3.63, 3.8) is 0 Å². The lowest BCUT2D eigenvalue weighted by molar-refractivity contribution is -0.302. The number of nitrogens with one attached hydrogen (secondary N) is 1. The Hall–Kier alpha value is -1.85. The SMILES string of the molecule is CCCCCC/C=C/C(O)C(COC1OC(CO)C(O)C(O)C1O)NC(=O)CCCCCCCCCCCCCCCC/C=C\C/C=C\C/C=C\CCCCCCC. The van der Waals surface area contributed by atoms with E-state index in [1.807, 2.05) is 6.08 Å². The quantitative estimate of drug-likeness (QED) is 0.0265. The highest BCUT2D eigenvalue weighted by atomic mass is 16.7. The molecule has 0 spiro atoms. The molecule has 9 nitrogen and oxygen atoms in total. The average Bonchev–Trinajstić information content (AvgIpc) is 3.22. The number of hydrogen-bond donors (Lipinski definition) is 6. The molecule has 1 heterocycles. The monoisotopic (exact) mass is 820 g/mol. The Balaban J connectivity index is 2.11. The minimum Gasteiger partial charge on any atom is -0.394 e. The molecule has 7 unspecified atom stereocenters. The predicted octanol–water partition coefficient (Wildman–Crippen LogP) is 10.2. The normalized spacial score (nSPS) is 21.3. The minimum atomic E-state index is -1.56. The van der Waals surface area contributed by atoms with Gasteiger partial charge in [-0.25, -0.2) is 0 Å². The summed E-state index contributed by atoms with van der Waals surface area (Å²) in [5.74, 6) is -0.185. The Morgan fingerprint density at radius 3 is 1.52 bits per heavy atom. The zero-order chi connectivity index (χ0) is 42.3. The lowest BCUT2D eigenvalue weighted by Gasteiger charge is -2.40. The zero-order valence-electron chi connectivity index (χ0n) is 37.0. The number of aliphatic hydroxyl groups excluding tert-OH is 5. The first-order valence-electron chi connectivity index (χ1n) is 23.9. The lowest BCUT2D eigenvalue weighted by Crippen LogP contribution is -2.60. The van der Waals surface area contributed by atoms with Crippen LogP contribution in [0.2, 0.25) is 0 Å². The zero-order valence-corrected chi connectivity index (χ0v) is 37.0. The highest BCUT2D eigenvalue weighted by Crippen LogP contribution is 2.22. The van der Waals surface area contributed by atoms with Gasteiger partial charge in [-0.1, -0.05) is 184 Å². The van der Waals surface area contributed by atoms with Crippen molar-refractivity contribution in [3.8, 4) is 0 Å². The van der Waals surface area contributed by atoms with Crippen LogP contribution in [0.3, 0.4) is 0 Å². The van der Waals surface area contributed by atoms with Gasteiger partial charge in [-0.2, -0.15) is 0 Å². The van der Waals surface area contributed by atoms with Gasteiger partial charge in [-0.15, -0.1) is 0 Å². The van der Waals surface area contributed by atoms with Crippen molar-refractivity contribution in [2.45, 2.75) is 243 Å². The summed E-state index contributed by atoms with van der Waals surface area (Å²) in [6.45, 7) is 3.67. The summed E-state index contributed by atoms with van der Waals surface area (Å²) >= 11 is 0. The fourth-order valence-electron chi connectivity index (χ4n) is 7.28. The maximum Gasteiger partial charge on any atom is 0.220 e. The van der Waals surface area contributed by atoms with E-state index < -0.39 is 49.5 Å². The van der Waals surface area contributed by atoms with Crippen LogP contribution in [-0.2, 0) is 14.3 Å². The Morgan fingerprint density at radius 2 is 1.02 bits per heavy atom. The van der Waals surface area contributed by atoms with Crippen molar-refractivity contribution >= 4 is 5.91 Å². The molecule has 1 fully saturated rings. The Morgan fingerprint density at radius 1 is 0.586 bits per heavy atom. The molecule has 1 saturated heterocycles. The van der Waals surface area contributed by atoms with Gasteiger partial charge in [0.05, 0.1) is 25.4 Å². The summed E-state index contributed by atoms with van der Waals surface area (Å²) in [7, 11) is 0. The van der Waals surface area contributed by atoms with Crippen LogP contribution < -0.4 is 5.32 Å². The van der Waals surface area contributed by atoms with Gasteiger partial charge in [-0.3, -0.25) is 4.79 Å². The second-order valence-corrected chi connectivity index (χ2v) is 16.5. The molecule has 338 valence electrons. The fraction of sp³-hybridized carbons (Fsp3) is 0.816. The molecule has 0 aromatic carbocycles. The van der Waals surface area contributed by atoms with Gasteiger partial charge in [0, 0.05) is 6.42 Å². The standard InChI is InChI=1S/C49H89NO8/c1-3-5-7-9-11-12-13-14-15-16-17-18-19-20-21-22-23-24-25-26-27-28-29-30-31-32-33-35-37-39-45(53)50-42(43(52)38-36-34-10-8-6-4-2)41-57-49-48(56)47(55)46(54)44(40-51)58-49/h13-14,16-17,19-20,36,38,42-44,46-49,51-52,54-56H,3-12,15,18,21-35,37,39-41H2,1-2H3,(H,50,53)/b14-13-,17-16-,20-19-,38-36+. The van der Waals surface area contributed by atoms with Gasteiger partial charge in [0.25, 0.3) is 0 Å². The van der Waals surface area contributed by atoms with Crippen LogP contribution >= 0.6 is 0 Å². The maximum absolute atomic E-state index is 12.9. The van der Waals surface area contributed by atoms with Crippen molar-refractivity contribution in [2.24, 2.45) is 0 Å². The molecule has 0 aliphatic carbocycles. The number of carbonyl (C=O) groups is 1. The van der Waals surface area contributed by atoms with E-state index in [9.17, 15) is 30.3 Å². The number of hydrogen-bond acceptors (Lipinski definition) is 8. The molecule has 9 heteroatoms. The van der Waals surface area contributed by atoms with Crippen molar-refractivity contribution in [1.29, 1.82) is 0 Å². The number of unbranched alkanes of at least 4 members (excludes halogenated alkanes) is 23. The van der Waals surface area contributed by atoms with E-state index in [0.29, 0.717) is 6.42 Å². The lowest BCUT2D eigenvalue weighted by atomic mass is 9.99. The van der Waals surface area contributed by atoms with E-state index in [0.717, 1.165) is 57.8 Å². The molecule has 6 N–H and O–H groups in total. The van der Waals surface area contributed by atoms with Gasteiger partial charge in [0.2, 0.25) is 5.91 Å². The summed E-state index contributed by atoms with van der Waals surface area (Å²) in [4.78, 5) is 12.9. The van der Waals surface area contributed by atoms with Gasteiger partial charge in [0.1, 0.15) is 24.4 Å². The minimum absolute atomic E-state index is 0.185. The first-order valence-corrected chi connectivity index (χ1v) is 23.9. The number of carbonyl (C=O) groups excluding carboxylic acids is 1. The van der Waals surface area contributed by atoms with Crippen molar-refractivity contribution in [3.05, 3.63) is 48.6 Å². The van der Waals surface area contributed by atoms with E-state index >= 15 is 0 Å². The number of rotatable bonds is 39. The molecule has 1 aliphatic heterocycles. The Labute approximate surface area is 354 Å². The van der Waals surface area contributed by atoms with Crippen LogP contribution in [0.1, 0.15) is 200 Å². The molecular weight excluding hydrogens is 731 g/mol. The number of amides is 1. The third-order valence-corrected chi connectivity index (χ3v) is 11.1. The summed E-state index contributed by atoms with van der Waals surface area (Å²) in [5.41, 5.74) is 0. The predicted molar refractivity (Wildman–Crippen MR) is 239 cm³/mol. The average molecular weight is 820 g/mol. The third kappa shape index (κ3) is 29.4. The van der Waals surface area contributed by atoms with E-state index in [4.69, 9.17) is 9.47 Å². The van der Waals surface area contributed by atoms with E-state index in [1.165, 1.54) is 122 Å². The fourth-order valence-corrected chi connectivity index (χ4v) is 7.28. The highest BCUT2D eigenvalue weighted by Gasteiger charge is 2.44. The molecule has 1 amide bonds. The molecule has 1 aliphatic rings. The molecule has 7 atom stereocenters. The molecule has 0 aromatic rings. The van der Waals surface area contributed by atoms with Gasteiger partial charge >= 0.3 is 0 Å². The molecule has 1 rings (SSSR count). The van der Waals surface area contributed by atoms with Crippen molar-refractivity contribution in [2.75, 3.05) is 13.2 Å². The first kappa shape index (κ1) is 54.2. The third-order valence-electron chi connectivity index (χ3n) is 11.1.